The third-order valence-corrected chi connectivity index (χ3v) is 5.00. The first-order chi connectivity index (χ1) is 13.7. The number of carbonyl (C=O) groups excluding carboxylic acids is 1. The Hall–Kier alpha value is -3.28. The second kappa shape index (κ2) is 8.17. The number of nitrogens with one attached hydrogen (secondary N) is 1. The van der Waals surface area contributed by atoms with Crippen LogP contribution in [0.2, 0.25) is 0 Å². The lowest BCUT2D eigenvalue weighted by Gasteiger charge is -2.32. The zero-order valence-electron chi connectivity index (χ0n) is 15.8. The third kappa shape index (κ3) is 4.01. The van der Waals surface area contributed by atoms with E-state index in [4.69, 9.17) is 9.47 Å². The lowest BCUT2D eigenvalue weighted by atomic mass is 9.94. The van der Waals surface area contributed by atoms with Gasteiger partial charge >= 0.3 is 0 Å². The quantitative estimate of drug-likeness (QED) is 0.722. The fourth-order valence-electron chi connectivity index (χ4n) is 3.54. The van der Waals surface area contributed by atoms with Gasteiger partial charge in [0.1, 0.15) is 11.5 Å². The first-order valence-electron chi connectivity index (χ1n) is 9.44. The van der Waals surface area contributed by atoms with Crippen LogP contribution < -0.4 is 9.47 Å². The van der Waals surface area contributed by atoms with Gasteiger partial charge in [0.25, 0.3) is 5.91 Å². The van der Waals surface area contributed by atoms with Crippen molar-refractivity contribution in [2.75, 3.05) is 20.2 Å². The molecule has 1 saturated heterocycles. The van der Waals surface area contributed by atoms with E-state index in [1.807, 2.05) is 59.5 Å². The van der Waals surface area contributed by atoms with Crippen LogP contribution in [0.25, 0.3) is 0 Å². The Bertz CT molecular complexity index is 939. The van der Waals surface area contributed by atoms with Gasteiger partial charge in [-0.25, -0.2) is 0 Å². The highest BCUT2D eigenvalue weighted by Gasteiger charge is 2.27. The average Bonchev–Trinajstić information content (AvgIpc) is 3.22. The molecule has 0 bridgehead atoms. The normalized spacial score (nSPS) is 16.6. The maximum absolute atomic E-state index is 12.9. The standard InChI is InChI=1S/C22H23N3O3/c1-27-19-11-5-7-16(13-19)22(26)25-12-6-8-17(15-25)20-14-21(24-23-20)28-18-9-3-2-4-10-18/h2-5,7,9-11,13-14,17H,6,8,12,15H2,1H3,(H,23,24)/t17-/m0/s1. The number of nitrogens with zero attached hydrogens (tertiary/aromatic N) is 2. The van der Waals surface area contributed by atoms with Gasteiger partial charge in [-0.3, -0.25) is 9.89 Å². The minimum Gasteiger partial charge on any atom is -0.497 e. The Morgan fingerprint density at radius 3 is 2.75 bits per heavy atom. The summed E-state index contributed by atoms with van der Waals surface area (Å²) in [5, 5.41) is 7.35. The largest absolute Gasteiger partial charge is 0.497 e. The van der Waals surface area contributed by atoms with Gasteiger partial charge in [-0.15, -0.1) is 5.10 Å². The van der Waals surface area contributed by atoms with Crippen molar-refractivity contribution in [2.24, 2.45) is 0 Å². The second-order valence-electron chi connectivity index (χ2n) is 6.90. The number of para-hydroxylation sites is 1. The van der Waals surface area contributed by atoms with Crippen LogP contribution in [-0.2, 0) is 0 Å². The lowest BCUT2D eigenvalue weighted by Crippen LogP contribution is -2.39. The molecular weight excluding hydrogens is 354 g/mol. The number of likely N-dealkylation sites (tertiary alicyclic amines) is 1. The third-order valence-electron chi connectivity index (χ3n) is 5.00. The predicted molar refractivity (Wildman–Crippen MR) is 106 cm³/mol. The van der Waals surface area contributed by atoms with Gasteiger partial charge in [0.15, 0.2) is 0 Å². The molecule has 0 spiro atoms. The number of piperidine rings is 1. The number of benzene rings is 2. The van der Waals surface area contributed by atoms with Crippen molar-refractivity contribution < 1.29 is 14.3 Å². The van der Waals surface area contributed by atoms with E-state index < -0.39 is 0 Å². The molecule has 0 aliphatic carbocycles. The summed E-state index contributed by atoms with van der Waals surface area (Å²) in [6, 6.07) is 18.8. The highest BCUT2D eigenvalue weighted by atomic mass is 16.5. The van der Waals surface area contributed by atoms with E-state index >= 15 is 0 Å². The van der Waals surface area contributed by atoms with Gasteiger partial charge in [-0.1, -0.05) is 24.3 Å². The number of amides is 1. The minimum atomic E-state index is 0.0314. The molecule has 3 aromatic rings. The van der Waals surface area contributed by atoms with Crippen LogP contribution in [0.1, 0.15) is 34.8 Å². The molecule has 4 rings (SSSR count). The molecule has 1 atom stereocenters. The van der Waals surface area contributed by atoms with Crippen molar-refractivity contribution in [3.05, 3.63) is 71.9 Å². The van der Waals surface area contributed by atoms with E-state index in [9.17, 15) is 4.79 Å². The van der Waals surface area contributed by atoms with Gasteiger partial charge in [0.05, 0.1) is 7.11 Å². The van der Waals surface area contributed by atoms with E-state index in [1.165, 1.54) is 0 Å². The van der Waals surface area contributed by atoms with Crippen molar-refractivity contribution in [2.45, 2.75) is 18.8 Å². The fourth-order valence-corrected chi connectivity index (χ4v) is 3.54. The summed E-state index contributed by atoms with van der Waals surface area (Å²) in [5.74, 6) is 2.22. The van der Waals surface area contributed by atoms with Crippen LogP contribution in [0, 0.1) is 0 Å². The highest BCUT2D eigenvalue weighted by molar-refractivity contribution is 5.94. The Labute approximate surface area is 164 Å². The Morgan fingerprint density at radius 2 is 1.93 bits per heavy atom. The van der Waals surface area contributed by atoms with E-state index in [-0.39, 0.29) is 11.8 Å². The number of carbonyl (C=O) groups is 1. The SMILES string of the molecule is COc1cccc(C(=O)N2CCC[C@H](c3cc(Oc4ccccc4)n[nH]3)C2)c1. The van der Waals surface area contributed by atoms with Crippen LogP contribution in [0.4, 0.5) is 0 Å². The summed E-state index contributed by atoms with van der Waals surface area (Å²) in [5.41, 5.74) is 1.65. The van der Waals surface area contributed by atoms with Crippen LogP contribution in [0.3, 0.4) is 0 Å². The number of hydrogen-bond donors (Lipinski definition) is 1. The van der Waals surface area contributed by atoms with Crippen molar-refractivity contribution in [1.82, 2.24) is 15.1 Å². The number of H-pyrrole nitrogens is 1. The zero-order chi connectivity index (χ0) is 19.3. The monoisotopic (exact) mass is 377 g/mol. The molecule has 6 heteroatoms. The number of rotatable bonds is 5. The zero-order valence-corrected chi connectivity index (χ0v) is 15.8. The number of aromatic nitrogens is 2. The van der Waals surface area contributed by atoms with Gasteiger partial charge in [-0.05, 0) is 43.2 Å². The van der Waals surface area contributed by atoms with Crippen molar-refractivity contribution in [3.8, 4) is 17.4 Å². The van der Waals surface area contributed by atoms with Crippen molar-refractivity contribution >= 4 is 5.91 Å². The molecular formula is C22H23N3O3. The fraction of sp³-hybridized carbons (Fsp3) is 0.273. The number of aromatic amines is 1. The Morgan fingerprint density at radius 1 is 1.11 bits per heavy atom. The van der Waals surface area contributed by atoms with E-state index in [0.717, 1.165) is 30.8 Å². The summed E-state index contributed by atoms with van der Waals surface area (Å²) < 4.78 is 11.0. The molecule has 2 aromatic carbocycles. The summed E-state index contributed by atoms with van der Waals surface area (Å²) in [6.45, 7) is 1.41. The number of methoxy groups -OCH3 is 1. The van der Waals surface area contributed by atoms with Crippen LogP contribution in [0.15, 0.2) is 60.7 Å². The first-order valence-corrected chi connectivity index (χ1v) is 9.44. The molecule has 1 aliphatic heterocycles. The molecule has 0 unspecified atom stereocenters. The van der Waals surface area contributed by atoms with Crippen molar-refractivity contribution in [3.63, 3.8) is 0 Å². The molecule has 1 N–H and O–H groups in total. The highest BCUT2D eigenvalue weighted by Crippen LogP contribution is 2.29. The molecule has 1 amide bonds. The topological polar surface area (TPSA) is 67.4 Å². The van der Waals surface area contributed by atoms with Gasteiger partial charge in [-0.2, -0.15) is 0 Å². The number of ether oxygens (including phenoxy) is 2. The summed E-state index contributed by atoms with van der Waals surface area (Å²) in [4.78, 5) is 14.8. The lowest BCUT2D eigenvalue weighted by molar-refractivity contribution is 0.0705. The summed E-state index contributed by atoms with van der Waals surface area (Å²) >= 11 is 0. The summed E-state index contributed by atoms with van der Waals surface area (Å²) in [6.07, 6.45) is 1.96. The maximum Gasteiger partial charge on any atom is 0.254 e. The van der Waals surface area contributed by atoms with Crippen LogP contribution >= 0.6 is 0 Å². The van der Waals surface area contributed by atoms with Gasteiger partial charge in [0, 0.05) is 36.3 Å². The smallest absolute Gasteiger partial charge is 0.254 e. The molecule has 0 radical (unpaired) electrons. The molecule has 0 saturated carbocycles. The number of hydrogen-bond acceptors (Lipinski definition) is 4. The second-order valence-corrected chi connectivity index (χ2v) is 6.90. The van der Waals surface area contributed by atoms with Gasteiger partial charge < -0.3 is 14.4 Å². The molecule has 1 aliphatic rings. The van der Waals surface area contributed by atoms with Gasteiger partial charge in [0.2, 0.25) is 5.88 Å². The molecule has 6 nitrogen and oxygen atoms in total. The molecule has 144 valence electrons. The molecule has 28 heavy (non-hydrogen) atoms. The molecule has 2 heterocycles. The minimum absolute atomic E-state index is 0.0314. The molecule has 1 aromatic heterocycles. The average molecular weight is 377 g/mol. The molecule has 1 fully saturated rings. The maximum atomic E-state index is 12.9. The van der Waals surface area contributed by atoms with Crippen LogP contribution in [-0.4, -0.2) is 41.2 Å². The van der Waals surface area contributed by atoms with E-state index in [2.05, 4.69) is 10.2 Å². The Kier molecular flexibility index (Phi) is 5.28. The van der Waals surface area contributed by atoms with Crippen molar-refractivity contribution in [1.29, 1.82) is 0 Å². The predicted octanol–water partition coefficient (Wildman–Crippen LogP) is 4.23. The van der Waals surface area contributed by atoms with E-state index in [0.29, 0.717) is 23.7 Å². The Balaban J connectivity index is 1.44. The van der Waals surface area contributed by atoms with Crippen LogP contribution in [0.5, 0.6) is 17.4 Å². The van der Waals surface area contributed by atoms with E-state index in [1.54, 1.807) is 13.2 Å². The first kappa shape index (κ1) is 18.1. The summed E-state index contributed by atoms with van der Waals surface area (Å²) in [7, 11) is 1.61.